The van der Waals surface area contributed by atoms with Crippen LogP contribution in [0.25, 0.3) is 0 Å². The van der Waals surface area contributed by atoms with E-state index in [0.29, 0.717) is 11.1 Å². The van der Waals surface area contributed by atoms with Gasteiger partial charge < -0.3 is 15.0 Å². The molecular weight excluding hydrogens is 308 g/mol. The van der Waals surface area contributed by atoms with Crippen LogP contribution in [0.15, 0.2) is 35.1 Å². The Bertz CT molecular complexity index is 870. The number of hydrogen-bond acceptors (Lipinski definition) is 4. The van der Waals surface area contributed by atoms with Crippen LogP contribution < -0.4 is 10.9 Å². The van der Waals surface area contributed by atoms with Crippen molar-refractivity contribution in [3.8, 4) is 0 Å². The summed E-state index contributed by atoms with van der Waals surface area (Å²) in [5.74, 6) is -0.682. The van der Waals surface area contributed by atoms with Crippen LogP contribution in [0.1, 0.15) is 45.3 Å². The van der Waals surface area contributed by atoms with Gasteiger partial charge in [-0.15, -0.1) is 0 Å². The zero-order chi connectivity index (χ0) is 17.3. The maximum Gasteiger partial charge on any atom is 0.339 e. The van der Waals surface area contributed by atoms with Gasteiger partial charge >= 0.3 is 5.97 Å². The van der Waals surface area contributed by atoms with E-state index in [0.717, 1.165) is 16.8 Å². The fourth-order valence-corrected chi connectivity index (χ4v) is 2.90. The van der Waals surface area contributed by atoms with E-state index in [2.05, 4.69) is 10.3 Å². The zero-order valence-electron chi connectivity index (χ0n) is 13.5. The lowest BCUT2D eigenvalue weighted by molar-refractivity contribution is -0.123. The Hall–Kier alpha value is -2.89. The molecule has 2 aromatic rings. The van der Waals surface area contributed by atoms with E-state index >= 15 is 0 Å². The number of rotatable bonds is 4. The number of aromatic amines is 1. The van der Waals surface area contributed by atoms with Crippen LogP contribution in [0, 0.1) is 13.8 Å². The fraction of sp³-hybridized carbons (Fsp3) is 0.278. The number of nitrogens with one attached hydrogen (secondary N) is 2. The Balaban J connectivity index is 1.66. The smallest absolute Gasteiger partial charge is 0.339 e. The molecule has 124 valence electrons. The van der Waals surface area contributed by atoms with E-state index in [9.17, 15) is 14.4 Å². The van der Waals surface area contributed by atoms with Gasteiger partial charge in [0, 0.05) is 23.4 Å². The van der Waals surface area contributed by atoms with E-state index in [1.807, 2.05) is 19.9 Å². The van der Waals surface area contributed by atoms with Gasteiger partial charge in [-0.05, 0) is 31.5 Å². The monoisotopic (exact) mass is 326 g/mol. The van der Waals surface area contributed by atoms with E-state index < -0.39 is 12.1 Å². The van der Waals surface area contributed by atoms with E-state index in [4.69, 9.17) is 4.74 Å². The van der Waals surface area contributed by atoms with Crippen molar-refractivity contribution >= 4 is 11.9 Å². The Kier molecular flexibility index (Phi) is 4.20. The van der Waals surface area contributed by atoms with Gasteiger partial charge in [0.15, 0.2) is 0 Å². The van der Waals surface area contributed by atoms with Crippen LogP contribution >= 0.6 is 0 Å². The minimum atomic E-state index is -0.578. The third-order valence-corrected chi connectivity index (χ3v) is 4.10. The van der Waals surface area contributed by atoms with Crippen molar-refractivity contribution in [3.63, 3.8) is 0 Å². The predicted octanol–water partition coefficient (Wildman–Crippen LogP) is 1.91. The molecule has 0 aliphatic carbocycles. The fourth-order valence-electron chi connectivity index (χ4n) is 2.90. The number of amides is 1. The normalized spacial score (nSPS) is 15.8. The molecule has 2 heterocycles. The minimum absolute atomic E-state index is 0.0333. The summed E-state index contributed by atoms with van der Waals surface area (Å²) in [7, 11) is 0. The quantitative estimate of drug-likeness (QED) is 0.840. The minimum Gasteiger partial charge on any atom is -0.453 e. The molecule has 1 atom stereocenters. The van der Waals surface area contributed by atoms with Crippen molar-refractivity contribution < 1.29 is 14.3 Å². The summed E-state index contributed by atoms with van der Waals surface area (Å²) >= 11 is 0. The van der Waals surface area contributed by atoms with Crippen molar-refractivity contribution in [2.24, 2.45) is 0 Å². The topological polar surface area (TPSA) is 88.3 Å². The highest BCUT2D eigenvalue weighted by Gasteiger charge is 2.31. The largest absolute Gasteiger partial charge is 0.453 e. The number of H-pyrrole nitrogens is 1. The highest BCUT2D eigenvalue weighted by Crippen LogP contribution is 2.32. The summed E-state index contributed by atoms with van der Waals surface area (Å²) in [6.07, 6.45) is -0.544. The molecular formula is C18H18N2O4. The molecule has 0 bridgehead atoms. The zero-order valence-corrected chi connectivity index (χ0v) is 13.5. The number of aromatic nitrogens is 1. The third-order valence-electron chi connectivity index (χ3n) is 4.10. The number of hydrogen-bond donors (Lipinski definition) is 2. The number of ether oxygens (including phenoxy) is 1. The average Bonchev–Trinajstić information content (AvgIpc) is 2.83. The molecule has 3 rings (SSSR count). The van der Waals surface area contributed by atoms with Crippen LogP contribution in [0.2, 0.25) is 0 Å². The summed E-state index contributed by atoms with van der Waals surface area (Å²) < 4.78 is 5.25. The van der Waals surface area contributed by atoms with Gasteiger partial charge in [-0.1, -0.05) is 18.2 Å². The second kappa shape index (κ2) is 6.31. The van der Waals surface area contributed by atoms with Gasteiger partial charge in [-0.25, -0.2) is 4.79 Å². The molecule has 0 radical (unpaired) electrons. The lowest BCUT2D eigenvalue weighted by Gasteiger charge is -2.12. The number of carbonyl (C=O) groups excluding carboxylic acids is 2. The molecule has 1 unspecified atom stereocenters. The first-order valence-corrected chi connectivity index (χ1v) is 7.71. The summed E-state index contributed by atoms with van der Waals surface area (Å²) in [5.41, 5.74) is 3.16. The predicted molar refractivity (Wildman–Crippen MR) is 87.6 cm³/mol. The molecule has 1 aliphatic heterocycles. The number of fused-ring (bicyclic) bond motifs is 1. The number of pyridine rings is 1. The molecule has 24 heavy (non-hydrogen) atoms. The number of benzene rings is 1. The van der Waals surface area contributed by atoms with Gasteiger partial charge in [-0.2, -0.15) is 0 Å². The molecule has 1 aromatic carbocycles. The molecule has 0 fully saturated rings. The van der Waals surface area contributed by atoms with Gasteiger partial charge in [0.2, 0.25) is 5.91 Å². The maximum absolute atomic E-state index is 12.2. The van der Waals surface area contributed by atoms with Crippen LogP contribution in [-0.2, 0) is 16.1 Å². The molecule has 1 amide bonds. The molecule has 0 saturated heterocycles. The van der Waals surface area contributed by atoms with E-state index in [1.165, 1.54) is 0 Å². The van der Waals surface area contributed by atoms with Gasteiger partial charge in [0.25, 0.3) is 5.56 Å². The van der Waals surface area contributed by atoms with Crippen LogP contribution in [0.5, 0.6) is 0 Å². The number of carbonyl (C=O) groups is 2. The van der Waals surface area contributed by atoms with Crippen LogP contribution in [0.3, 0.4) is 0 Å². The van der Waals surface area contributed by atoms with Crippen molar-refractivity contribution in [2.45, 2.75) is 32.9 Å². The number of cyclic esters (lactones) is 1. The summed E-state index contributed by atoms with van der Waals surface area (Å²) in [6, 6.07) is 8.89. The Morgan fingerprint density at radius 1 is 1.25 bits per heavy atom. The van der Waals surface area contributed by atoms with Gasteiger partial charge in [0.05, 0.1) is 12.0 Å². The van der Waals surface area contributed by atoms with E-state index in [1.54, 1.807) is 24.3 Å². The number of esters is 1. The first-order chi connectivity index (χ1) is 11.5. The number of aryl methyl sites for hydroxylation is 2. The molecule has 1 aromatic heterocycles. The highest BCUT2D eigenvalue weighted by molar-refractivity contribution is 5.94. The summed E-state index contributed by atoms with van der Waals surface area (Å²) in [5, 5.41) is 2.72. The van der Waals surface area contributed by atoms with Crippen molar-refractivity contribution in [1.82, 2.24) is 10.3 Å². The molecule has 0 spiro atoms. The molecule has 6 heteroatoms. The first kappa shape index (κ1) is 16.0. The third kappa shape index (κ3) is 3.08. The summed E-state index contributed by atoms with van der Waals surface area (Å²) in [4.78, 5) is 38.6. The summed E-state index contributed by atoms with van der Waals surface area (Å²) in [6.45, 7) is 3.78. The first-order valence-electron chi connectivity index (χ1n) is 7.71. The molecule has 6 nitrogen and oxygen atoms in total. The van der Waals surface area contributed by atoms with Crippen LogP contribution in [0.4, 0.5) is 0 Å². The maximum atomic E-state index is 12.2. The van der Waals surface area contributed by atoms with Crippen LogP contribution in [-0.4, -0.2) is 16.9 Å². The molecule has 1 aliphatic rings. The lowest BCUT2D eigenvalue weighted by atomic mass is 10.0. The Morgan fingerprint density at radius 2 is 2.00 bits per heavy atom. The lowest BCUT2D eigenvalue weighted by Crippen LogP contribution is -2.28. The average molecular weight is 326 g/mol. The highest BCUT2D eigenvalue weighted by atomic mass is 16.5. The van der Waals surface area contributed by atoms with Crippen molar-refractivity contribution in [1.29, 1.82) is 0 Å². The van der Waals surface area contributed by atoms with E-state index in [-0.39, 0.29) is 24.4 Å². The Labute approximate surface area is 138 Å². The van der Waals surface area contributed by atoms with Crippen molar-refractivity contribution in [2.75, 3.05) is 0 Å². The second-order valence-corrected chi connectivity index (χ2v) is 5.91. The SMILES string of the molecule is Cc1cc(C)c(CNC(=O)CC2OC(=O)c3ccccc32)c(=O)[nH]1. The molecule has 0 saturated carbocycles. The second-order valence-electron chi connectivity index (χ2n) is 5.91. The standard InChI is InChI=1S/C18H18N2O4/c1-10-7-11(2)20-17(22)14(10)9-19-16(21)8-15-12-5-3-4-6-13(12)18(23)24-15/h3-7,15H,8-9H2,1-2H3,(H,19,21)(H,20,22). The molecule has 2 N–H and O–H groups in total. The van der Waals surface area contributed by atoms with Crippen molar-refractivity contribution in [3.05, 3.63) is 68.6 Å². The van der Waals surface area contributed by atoms with Gasteiger partial charge in [0.1, 0.15) is 6.10 Å². The Morgan fingerprint density at radius 3 is 2.75 bits per heavy atom. The van der Waals surface area contributed by atoms with Gasteiger partial charge in [-0.3, -0.25) is 9.59 Å².